The third-order valence-corrected chi connectivity index (χ3v) is 3.87. The van der Waals surface area contributed by atoms with Crippen molar-refractivity contribution in [2.45, 2.75) is 6.54 Å². The van der Waals surface area contributed by atoms with E-state index in [2.05, 4.69) is 10.1 Å². The van der Waals surface area contributed by atoms with Gasteiger partial charge in [0.1, 0.15) is 0 Å². The Bertz CT molecular complexity index is 1030. The van der Waals surface area contributed by atoms with Crippen molar-refractivity contribution in [1.29, 1.82) is 0 Å². The zero-order valence-corrected chi connectivity index (χ0v) is 12.2. The molecule has 4 aromatic rings. The molecule has 4 rings (SSSR count). The summed E-state index contributed by atoms with van der Waals surface area (Å²) in [4.78, 5) is 16.9. The number of rotatable bonds is 2. The second-order valence-electron chi connectivity index (χ2n) is 5.03. The van der Waals surface area contributed by atoms with E-state index in [1.54, 1.807) is 33.7 Å². The summed E-state index contributed by atoms with van der Waals surface area (Å²) in [7, 11) is 0. The molecule has 3 heterocycles. The van der Waals surface area contributed by atoms with Gasteiger partial charge in [0.2, 0.25) is 0 Å². The Morgan fingerprint density at radius 1 is 1.09 bits per heavy atom. The van der Waals surface area contributed by atoms with Gasteiger partial charge >= 0.3 is 0 Å². The van der Waals surface area contributed by atoms with Crippen molar-refractivity contribution >= 4 is 28.2 Å². The highest BCUT2D eigenvalue weighted by Crippen LogP contribution is 2.13. The van der Waals surface area contributed by atoms with Crippen LogP contribution < -0.4 is 5.56 Å². The van der Waals surface area contributed by atoms with Gasteiger partial charge in [0.15, 0.2) is 5.65 Å². The molecular formula is C16H11ClN4O. The molecule has 0 saturated carbocycles. The van der Waals surface area contributed by atoms with Gasteiger partial charge in [0, 0.05) is 23.5 Å². The summed E-state index contributed by atoms with van der Waals surface area (Å²) < 4.78 is 3.33. The quantitative estimate of drug-likeness (QED) is 0.572. The highest BCUT2D eigenvalue weighted by atomic mass is 35.5. The maximum Gasteiger partial charge on any atom is 0.261 e. The van der Waals surface area contributed by atoms with Gasteiger partial charge in [-0.2, -0.15) is 5.10 Å². The summed E-state index contributed by atoms with van der Waals surface area (Å²) in [6, 6.07) is 11.1. The van der Waals surface area contributed by atoms with Gasteiger partial charge in [0.25, 0.3) is 5.56 Å². The van der Waals surface area contributed by atoms with Crippen molar-refractivity contribution in [1.82, 2.24) is 19.2 Å². The van der Waals surface area contributed by atoms with Gasteiger partial charge in [-0.1, -0.05) is 23.7 Å². The Labute approximate surface area is 130 Å². The molecule has 0 aliphatic carbocycles. The number of halogens is 1. The number of hydrogen-bond acceptors (Lipinski definition) is 3. The van der Waals surface area contributed by atoms with Gasteiger partial charge in [-0.15, -0.1) is 0 Å². The molecule has 0 aliphatic heterocycles. The molecule has 1 aromatic carbocycles. The zero-order valence-electron chi connectivity index (χ0n) is 11.5. The molecule has 108 valence electrons. The smallest absolute Gasteiger partial charge is 0.261 e. The SMILES string of the molecule is O=c1c2cnc3ccnn3c2ccn1Cc1ccc(Cl)cc1. The normalized spacial score (nSPS) is 11.3. The van der Waals surface area contributed by atoms with Crippen LogP contribution in [-0.2, 0) is 6.54 Å². The Balaban J connectivity index is 1.85. The highest BCUT2D eigenvalue weighted by Gasteiger charge is 2.08. The van der Waals surface area contributed by atoms with Crippen LogP contribution in [0.5, 0.6) is 0 Å². The van der Waals surface area contributed by atoms with Crippen molar-refractivity contribution in [3.63, 3.8) is 0 Å². The maximum absolute atomic E-state index is 12.6. The Morgan fingerprint density at radius 2 is 1.91 bits per heavy atom. The molecule has 5 nitrogen and oxygen atoms in total. The van der Waals surface area contributed by atoms with E-state index in [-0.39, 0.29) is 5.56 Å². The largest absolute Gasteiger partial charge is 0.310 e. The van der Waals surface area contributed by atoms with Crippen LogP contribution in [0.15, 0.2) is 59.8 Å². The van der Waals surface area contributed by atoms with E-state index in [1.807, 2.05) is 30.3 Å². The van der Waals surface area contributed by atoms with Gasteiger partial charge in [-0.25, -0.2) is 9.50 Å². The standard InChI is InChI=1S/C16H11ClN4O/c17-12-3-1-11(2-4-12)10-20-8-6-14-13(16(20)22)9-18-15-5-7-19-21(14)15/h1-9H,10H2. The fourth-order valence-corrected chi connectivity index (χ4v) is 2.64. The minimum Gasteiger partial charge on any atom is -0.310 e. The van der Waals surface area contributed by atoms with Crippen LogP contribution in [0.2, 0.25) is 5.02 Å². The molecule has 0 aliphatic rings. The average molecular weight is 311 g/mol. The van der Waals surface area contributed by atoms with E-state index in [1.165, 1.54) is 0 Å². The van der Waals surface area contributed by atoms with E-state index in [4.69, 9.17) is 11.6 Å². The Morgan fingerprint density at radius 3 is 2.73 bits per heavy atom. The van der Waals surface area contributed by atoms with E-state index < -0.39 is 0 Å². The van der Waals surface area contributed by atoms with Gasteiger partial charge in [-0.05, 0) is 23.8 Å². The number of aromatic nitrogens is 4. The second kappa shape index (κ2) is 4.96. The molecule has 3 aromatic heterocycles. The van der Waals surface area contributed by atoms with E-state index in [9.17, 15) is 4.79 Å². The van der Waals surface area contributed by atoms with Crippen molar-refractivity contribution in [2.24, 2.45) is 0 Å². The minimum absolute atomic E-state index is 0.0858. The molecular weight excluding hydrogens is 300 g/mol. The lowest BCUT2D eigenvalue weighted by molar-refractivity contribution is 0.765. The van der Waals surface area contributed by atoms with Crippen LogP contribution in [0.3, 0.4) is 0 Å². The minimum atomic E-state index is -0.0858. The third kappa shape index (κ3) is 2.07. The maximum atomic E-state index is 12.6. The molecule has 0 fully saturated rings. The van der Waals surface area contributed by atoms with Crippen LogP contribution in [0.4, 0.5) is 0 Å². The molecule has 0 saturated heterocycles. The number of pyridine rings is 1. The first-order chi connectivity index (χ1) is 10.7. The summed E-state index contributed by atoms with van der Waals surface area (Å²) in [5.41, 5.74) is 2.41. The number of fused-ring (bicyclic) bond motifs is 3. The highest BCUT2D eigenvalue weighted by molar-refractivity contribution is 6.30. The summed E-state index contributed by atoms with van der Waals surface area (Å²) >= 11 is 5.88. The Kier molecular flexibility index (Phi) is 2.94. The monoisotopic (exact) mass is 310 g/mol. The average Bonchev–Trinajstić information content (AvgIpc) is 3.01. The summed E-state index contributed by atoms with van der Waals surface area (Å²) in [6.45, 7) is 0.489. The molecule has 0 atom stereocenters. The summed E-state index contributed by atoms with van der Waals surface area (Å²) in [5.74, 6) is 0. The number of hydrogen-bond donors (Lipinski definition) is 0. The topological polar surface area (TPSA) is 52.2 Å². The predicted octanol–water partition coefficient (Wildman–Crippen LogP) is 2.75. The van der Waals surface area contributed by atoms with Gasteiger partial charge in [-0.3, -0.25) is 4.79 Å². The van der Waals surface area contributed by atoms with Crippen LogP contribution in [0, 0.1) is 0 Å². The Hall–Kier alpha value is -2.66. The summed E-state index contributed by atoms with van der Waals surface area (Å²) in [6.07, 6.45) is 5.05. The first-order valence-corrected chi connectivity index (χ1v) is 7.16. The second-order valence-corrected chi connectivity index (χ2v) is 5.47. The molecule has 22 heavy (non-hydrogen) atoms. The third-order valence-electron chi connectivity index (χ3n) is 3.62. The predicted molar refractivity (Wildman–Crippen MR) is 85.3 cm³/mol. The van der Waals surface area contributed by atoms with Crippen molar-refractivity contribution < 1.29 is 0 Å². The van der Waals surface area contributed by atoms with Crippen LogP contribution in [0.1, 0.15) is 5.56 Å². The fraction of sp³-hybridized carbons (Fsp3) is 0.0625. The van der Waals surface area contributed by atoms with Gasteiger partial charge < -0.3 is 4.57 Å². The molecule has 0 spiro atoms. The van der Waals surface area contributed by atoms with E-state index in [0.717, 1.165) is 16.7 Å². The molecule has 0 N–H and O–H groups in total. The van der Waals surface area contributed by atoms with Gasteiger partial charge in [0.05, 0.1) is 23.6 Å². The molecule has 0 amide bonds. The van der Waals surface area contributed by atoms with E-state index in [0.29, 0.717) is 17.0 Å². The van der Waals surface area contributed by atoms with Crippen LogP contribution in [0.25, 0.3) is 16.6 Å². The lowest BCUT2D eigenvalue weighted by atomic mass is 10.2. The van der Waals surface area contributed by atoms with E-state index >= 15 is 0 Å². The number of benzene rings is 1. The molecule has 0 radical (unpaired) electrons. The number of nitrogens with zero attached hydrogens (tertiary/aromatic N) is 4. The van der Waals surface area contributed by atoms with Crippen LogP contribution >= 0.6 is 11.6 Å². The molecule has 0 bridgehead atoms. The first kappa shape index (κ1) is 13.0. The van der Waals surface area contributed by atoms with Crippen molar-refractivity contribution in [3.05, 3.63) is 75.9 Å². The fourth-order valence-electron chi connectivity index (χ4n) is 2.51. The first-order valence-electron chi connectivity index (χ1n) is 6.79. The lowest BCUT2D eigenvalue weighted by Gasteiger charge is -2.08. The van der Waals surface area contributed by atoms with Crippen molar-refractivity contribution in [3.8, 4) is 0 Å². The molecule has 0 unspecified atom stereocenters. The zero-order chi connectivity index (χ0) is 15.1. The van der Waals surface area contributed by atoms with Crippen LogP contribution in [-0.4, -0.2) is 19.2 Å². The van der Waals surface area contributed by atoms with Crippen molar-refractivity contribution in [2.75, 3.05) is 0 Å². The summed E-state index contributed by atoms with van der Waals surface area (Å²) in [5, 5.41) is 5.43. The molecule has 6 heteroatoms. The lowest BCUT2D eigenvalue weighted by Crippen LogP contribution is -2.21.